The van der Waals surface area contributed by atoms with Crippen LogP contribution in [0.4, 0.5) is 0 Å². The van der Waals surface area contributed by atoms with Crippen molar-refractivity contribution in [1.82, 2.24) is 23.8 Å². The summed E-state index contributed by atoms with van der Waals surface area (Å²) >= 11 is 0. The van der Waals surface area contributed by atoms with E-state index >= 15 is 0 Å². The van der Waals surface area contributed by atoms with E-state index in [4.69, 9.17) is 0 Å². The lowest BCUT2D eigenvalue weighted by atomic mass is 10.2. The quantitative estimate of drug-likeness (QED) is 0.427. The average molecular weight is 488 g/mol. The van der Waals surface area contributed by atoms with Crippen LogP contribution in [0.25, 0.3) is 22.1 Å². The van der Waals surface area contributed by atoms with Crippen LogP contribution >= 0.6 is 0 Å². The van der Waals surface area contributed by atoms with E-state index in [1.165, 1.54) is 10.2 Å². The standard InChI is InChI=1S/C19H18N4O3S.C2H7N.2C2H6/c24-19-21-16-12-20-18-15(17(16)23(19)13-6-4-5-7-13)10-11-22(18)27(25,26)14-8-2-1-3-9-14;1-3-2;2*1-2/h1-3,8-13H,4-7H2,(H,21,24);3H,1-2H3;2*1-2H3. The van der Waals surface area contributed by atoms with Gasteiger partial charge in [-0.05, 0) is 45.1 Å². The lowest BCUT2D eigenvalue weighted by molar-refractivity contribution is 0.519. The topological polar surface area (TPSA) is 102 Å². The normalized spacial score (nSPS) is 13.5. The molecule has 9 heteroatoms. The maximum Gasteiger partial charge on any atom is 0.326 e. The van der Waals surface area contributed by atoms with Gasteiger partial charge in [0.25, 0.3) is 10.0 Å². The Morgan fingerprint density at radius 3 is 2.18 bits per heavy atom. The van der Waals surface area contributed by atoms with Crippen molar-refractivity contribution in [2.24, 2.45) is 0 Å². The number of hydrogen-bond donors (Lipinski definition) is 2. The second-order valence-corrected chi connectivity index (χ2v) is 9.24. The highest BCUT2D eigenvalue weighted by molar-refractivity contribution is 7.90. The van der Waals surface area contributed by atoms with Crippen molar-refractivity contribution in [3.8, 4) is 0 Å². The summed E-state index contributed by atoms with van der Waals surface area (Å²) in [6, 6.07) is 10.1. The molecule has 34 heavy (non-hydrogen) atoms. The van der Waals surface area contributed by atoms with E-state index in [9.17, 15) is 13.2 Å². The number of aromatic amines is 1. The van der Waals surface area contributed by atoms with Gasteiger partial charge in [-0.25, -0.2) is 22.2 Å². The molecule has 1 saturated carbocycles. The molecule has 0 amide bonds. The van der Waals surface area contributed by atoms with Crippen LogP contribution in [0.15, 0.2) is 58.5 Å². The highest BCUT2D eigenvalue weighted by Crippen LogP contribution is 2.33. The Kier molecular flexibility index (Phi) is 10.1. The molecule has 2 N–H and O–H groups in total. The van der Waals surface area contributed by atoms with E-state index in [1.54, 1.807) is 47.2 Å². The predicted molar refractivity (Wildman–Crippen MR) is 140 cm³/mol. The first-order valence-corrected chi connectivity index (χ1v) is 13.4. The summed E-state index contributed by atoms with van der Waals surface area (Å²) < 4.78 is 29.0. The minimum absolute atomic E-state index is 0.144. The second-order valence-electron chi connectivity index (χ2n) is 7.43. The molecule has 3 aromatic heterocycles. The molecule has 0 saturated heterocycles. The summed E-state index contributed by atoms with van der Waals surface area (Å²) in [5, 5.41) is 3.41. The summed E-state index contributed by atoms with van der Waals surface area (Å²) in [6.45, 7) is 8.00. The second kappa shape index (κ2) is 12.5. The molecule has 1 aliphatic rings. The van der Waals surface area contributed by atoms with E-state index in [0.29, 0.717) is 16.6 Å². The number of nitrogens with zero attached hydrogens (tertiary/aromatic N) is 3. The lowest BCUT2D eigenvalue weighted by Gasteiger charge is -2.12. The van der Waals surface area contributed by atoms with E-state index in [1.807, 2.05) is 41.8 Å². The first-order chi connectivity index (χ1) is 16.5. The fraction of sp³-hybridized carbons (Fsp3) is 0.440. The summed E-state index contributed by atoms with van der Waals surface area (Å²) in [5.74, 6) is 0. The Balaban J connectivity index is 0.000000531. The van der Waals surface area contributed by atoms with Gasteiger partial charge in [-0.1, -0.05) is 58.7 Å². The minimum Gasteiger partial charge on any atom is -0.323 e. The van der Waals surface area contributed by atoms with E-state index < -0.39 is 10.0 Å². The van der Waals surface area contributed by atoms with Gasteiger partial charge in [0.2, 0.25) is 0 Å². The van der Waals surface area contributed by atoms with Crippen molar-refractivity contribution >= 4 is 32.1 Å². The van der Waals surface area contributed by atoms with E-state index in [2.05, 4.69) is 15.3 Å². The van der Waals surface area contributed by atoms with Gasteiger partial charge >= 0.3 is 5.69 Å². The number of aromatic nitrogens is 4. The predicted octanol–water partition coefficient (Wildman–Crippen LogP) is 4.92. The smallest absolute Gasteiger partial charge is 0.323 e. The van der Waals surface area contributed by atoms with Crippen molar-refractivity contribution in [2.75, 3.05) is 14.1 Å². The van der Waals surface area contributed by atoms with Gasteiger partial charge < -0.3 is 10.3 Å². The third kappa shape index (κ3) is 5.26. The van der Waals surface area contributed by atoms with Crippen molar-refractivity contribution in [2.45, 2.75) is 64.3 Å². The Bertz CT molecular complexity index is 1330. The molecule has 0 radical (unpaired) electrons. The van der Waals surface area contributed by atoms with Gasteiger partial charge in [0, 0.05) is 17.6 Å². The number of nitrogens with one attached hydrogen (secondary N) is 2. The fourth-order valence-electron chi connectivity index (χ4n) is 4.09. The van der Waals surface area contributed by atoms with Gasteiger partial charge in [-0.3, -0.25) is 4.57 Å². The molecule has 1 aromatic carbocycles. The first-order valence-electron chi connectivity index (χ1n) is 12.0. The Morgan fingerprint density at radius 2 is 1.59 bits per heavy atom. The number of rotatable bonds is 3. The number of benzene rings is 1. The maximum absolute atomic E-state index is 13.0. The van der Waals surface area contributed by atoms with E-state index in [0.717, 1.165) is 31.2 Å². The molecule has 4 aromatic rings. The SMILES string of the molecule is CC.CC.CNC.O=c1[nH]c2cnc3c(ccn3S(=O)(=O)c3ccccc3)c2n1C1CCCC1. The minimum atomic E-state index is -3.76. The molecule has 186 valence electrons. The monoisotopic (exact) mass is 487 g/mol. The van der Waals surface area contributed by atoms with Crippen LogP contribution in [-0.4, -0.2) is 41.0 Å². The third-order valence-corrected chi connectivity index (χ3v) is 7.02. The average Bonchev–Trinajstić information content (AvgIpc) is 3.60. The Labute approximate surface area is 202 Å². The van der Waals surface area contributed by atoms with Crippen molar-refractivity contribution in [3.63, 3.8) is 0 Å². The molecule has 0 atom stereocenters. The number of pyridine rings is 1. The fourth-order valence-corrected chi connectivity index (χ4v) is 5.41. The Hall–Kier alpha value is -2.91. The van der Waals surface area contributed by atoms with Gasteiger partial charge in [-0.15, -0.1) is 0 Å². The summed E-state index contributed by atoms with van der Waals surface area (Å²) in [7, 11) is -0.00939. The Morgan fingerprint density at radius 1 is 1.00 bits per heavy atom. The van der Waals surface area contributed by atoms with Crippen molar-refractivity contribution < 1.29 is 8.42 Å². The zero-order valence-corrected chi connectivity index (χ0v) is 21.8. The zero-order chi connectivity index (χ0) is 25.3. The van der Waals surface area contributed by atoms with Crippen LogP contribution in [0.1, 0.15) is 59.4 Å². The molecule has 0 aliphatic heterocycles. The molecule has 1 fully saturated rings. The molecule has 8 nitrogen and oxygen atoms in total. The summed E-state index contributed by atoms with van der Waals surface area (Å²) in [6.07, 6.45) is 7.17. The molecule has 5 rings (SSSR count). The summed E-state index contributed by atoms with van der Waals surface area (Å²) in [4.78, 5) is 20.0. The van der Waals surface area contributed by atoms with Crippen molar-refractivity contribution in [1.29, 1.82) is 0 Å². The molecule has 1 aliphatic carbocycles. The van der Waals surface area contributed by atoms with E-state index in [-0.39, 0.29) is 16.6 Å². The molecular formula is C25H37N5O3S. The maximum atomic E-state index is 13.0. The number of imidazole rings is 1. The molecular weight excluding hydrogens is 450 g/mol. The van der Waals surface area contributed by atoms with Crippen LogP contribution < -0.4 is 11.0 Å². The molecule has 3 heterocycles. The third-order valence-electron chi connectivity index (χ3n) is 5.34. The van der Waals surface area contributed by atoms with Gasteiger partial charge in [0.05, 0.1) is 22.1 Å². The van der Waals surface area contributed by atoms with Crippen LogP contribution in [0, 0.1) is 0 Å². The van der Waals surface area contributed by atoms with Crippen LogP contribution in [0.5, 0.6) is 0 Å². The van der Waals surface area contributed by atoms with Crippen LogP contribution in [0.2, 0.25) is 0 Å². The molecule has 0 bridgehead atoms. The van der Waals surface area contributed by atoms with Gasteiger partial charge in [0.15, 0.2) is 5.65 Å². The van der Waals surface area contributed by atoms with Gasteiger partial charge in [0.1, 0.15) is 0 Å². The van der Waals surface area contributed by atoms with Crippen LogP contribution in [-0.2, 0) is 10.0 Å². The largest absolute Gasteiger partial charge is 0.326 e. The summed E-state index contributed by atoms with van der Waals surface area (Å²) in [5.41, 5.74) is 1.54. The number of hydrogen-bond acceptors (Lipinski definition) is 5. The molecule has 0 unspecified atom stereocenters. The van der Waals surface area contributed by atoms with Crippen LogP contribution in [0.3, 0.4) is 0 Å². The lowest BCUT2D eigenvalue weighted by Crippen LogP contribution is -2.20. The highest BCUT2D eigenvalue weighted by Gasteiger charge is 2.25. The zero-order valence-electron chi connectivity index (χ0n) is 21.0. The first kappa shape index (κ1) is 27.3. The van der Waals surface area contributed by atoms with Gasteiger partial charge in [-0.2, -0.15) is 0 Å². The highest BCUT2D eigenvalue weighted by atomic mass is 32.2. The number of fused-ring (bicyclic) bond motifs is 3. The number of H-pyrrole nitrogens is 1. The molecule has 0 spiro atoms. The van der Waals surface area contributed by atoms with Crippen molar-refractivity contribution in [3.05, 3.63) is 59.3 Å².